The SMILES string of the molecule is CSc1ccccc1Oc1cccc(F)c1[N+](=O)[O-]. The molecule has 19 heavy (non-hydrogen) atoms. The predicted molar refractivity (Wildman–Crippen MR) is 71.4 cm³/mol. The lowest BCUT2D eigenvalue weighted by Crippen LogP contribution is -1.97. The Morgan fingerprint density at radius 2 is 1.84 bits per heavy atom. The zero-order valence-electron chi connectivity index (χ0n) is 10.00. The van der Waals surface area contributed by atoms with Crippen molar-refractivity contribution in [1.29, 1.82) is 0 Å². The number of rotatable bonds is 4. The third-order valence-corrected chi connectivity index (χ3v) is 3.20. The first kappa shape index (κ1) is 13.4. The van der Waals surface area contributed by atoms with Gasteiger partial charge in [0, 0.05) is 4.90 Å². The summed E-state index contributed by atoms with van der Waals surface area (Å²) in [6, 6.07) is 10.9. The van der Waals surface area contributed by atoms with E-state index < -0.39 is 16.4 Å². The lowest BCUT2D eigenvalue weighted by atomic mass is 10.3. The molecule has 2 aromatic rings. The third-order valence-electron chi connectivity index (χ3n) is 2.42. The molecule has 2 aromatic carbocycles. The third kappa shape index (κ3) is 2.85. The van der Waals surface area contributed by atoms with E-state index in [4.69, 9.17) is 4.74 Å². The van der Waals surface area contributed by atoms with E-state index in [-0.39, 0.29) is 5.75 Å². The second kappa shape index (κ2) is 5.71. The van der Waals surface area contributed by atoms with Crippen LogP contribution < -0.4 is 4.74 Å². The molecule has 6 heteroatoms. The van der Waals surface area contributed by atoms with Crippen LogP contribution in [0.4, 0.5) is 10.1 Å². The van der Waals surface area contributed by atoms with Crippen LogP contribution in [0.2, 0.25) is 0 Å². The summed E-state index contributed by atoms with van der Waals surface area (Å²) in [6.45, 7) is 0. The van der Waals surface area contributed by atoms with Crippen molar-refractivity contribution < 1.29 is 14.1 Å². The molecule has 2 rings (SSSR count). The number of ether oxygens (including phenoxy) is 1. The largest absolute Gasteiger partial charge is 0.449 e. The van der Waals surface area contributed by atoms with Crippen LogP contribution in [0.25, 0.3) is 0 Å². The quantitative estimate of drug-likeness (QED) is 0.477. The second-order valence-electron chi connectivity index (χ2n) is 3.60. The summed E-state index contributed by atoms with van der Waals surface area (Å²) in [5, 5.41) is 10.9. The number of hydrogen-bond acceptors (Lipinski definition) is 4. The molecule has 0 saturated heterocycles. The Kier molecular flexibility index (Phi) is 4.01. The molecule has 0 aromatic heterocycles. The standard InChI is InChI=1S/C13H10FNO3S/c1-19-12-8-3-2-6-10(12)18-11-7-4-5-9(14)13(11)15(16)17/h2-8H,1H3. The number of nitro benzene ring substituents is 1. The smallest absolute Gasteiger partial charge is 0.346 e. The zero-order valence-corrected chi connectivity index (χ0v) is 10.8. The Labute approximate surface area is 113 Å². The highest BCUT2D eigenvalue weighted by Gasteiger charge is 2.22. The lowest BCUT2D eigenvalue weighted by molar-refractivity contribution is -0.388. The van der Waals surface area contributed by atoms with E-state index in [9.17, 15) is 14.5 Å². The minimum Gasteiger partial charge on any atom is -0.449 e. The van der Waals surface area contributed by atoms with E-state index in [0.29, 0.717) is 5.75 Å². The number of para-hydroxylation sites is 2. The Balaban J connectivity index is 2.44. The van der Waals surface area contributed by atoms with E-state index in [0.717, 1.165) is 11.0 Å². The van der Waals surface area contributed by atoms with Crippen LogP contribution in [0.3, 0.4) is 0 Å². The zero-order chi connectivity index (χ0) is 13.8. The molecule has 98 valence electrons. The molecular formula is C13H10FNO3S. The van der Waals surface area contributed by atoms with Crippen molar-refractivity contribution in [3.8, 4) is 11.5 Å². The summed E-state index contributed by atoms with van der Waals surface area (Å²) in [5.74, 6) is -0.556. The van der Waals surface area contributed by atoms with Crippen LogP contribution in [0.15, 0.2) is 47.4 Å². The molecule has 0 N–H and O–H groups in total. The van der Waals surface area contributed by atoms with Gasteiger partial charge in [-0.15, -0.1) is 11.8 Å². The summed E-state index contributed by atoms with van der Waals surface area (Å²) in [7, 11) is 0. The molecule has 0 saturated carbocycles. The highest BCUT2D eigenvalue weighted by Crippen LogP contribution is 2.36. The molecule has 0 aliphatic carbocycles. The normalized spacial score (nSPS) is 10.2. The molecule has 0 heterocycles. The van der Waals surface area contributed by atoms with Gasteiger partial charge in [0.05, 0.1) is 4.92 Å². The van der Waals surface area contributed by atoms with Gasteiger partial charge in [-0.2, -0.15) is 4.39 Å². The monoisotopic (exact) mass is 279 g/mol. The topological polar surface area (TPSA) is 52.4 Å². The Bertz CT molecular complexity index is 619. The van der Waals surface area contributed by atoms with Gasteiger partial charge in [-0.05, 0) is 30.5 Å². The molecule has 0 spiro atoms. The molecule has 4 nitrogen and oxygen atoms in total. The molecule has 0 atom stereocenters. The number of hydrogen-bond donors (Lipinski definition) is 0. The van der Waals surface area contributed by atoms with Crippen molar-refractivity contribution in [3.05, 3.63) is 58.4 Å². The highest BCUT2D eigenvalue weighted by molar-refractivity contribution is 7.98. The van der Waals surface area contributed by atoms with Gasteiger partial charge < -0.3 is 4.74 Å². The molecule has 0 unspecified atom stereocenters. The molecule has 0 aliphatic rings. The van der Waals surface area contributed by atoms with Crippen molar-refractivity contribution in [3.63, 3.8) is 0 Å². The van der Waals surface area contributed by atoms with E-state index in [1.165, 1.54) is 23.9 Å². The van der Waals surface area contributed by atoms with E-state index in [1.807, 2.05) is 18.4 Å². The minimum absolute atomic E-state index is 0.105. The van der Waals surface area contributed by atoms with Crippen LogP contribution in [-0.4, -0.2) is 11.2 Å². The van der Waals surface area contributed by atoms with E-state index >= 15 is 0 Å². The van der Waals surface area contributed by atoms with Gasteiger partial charge in [-0.25, -0.2) is 0 Å². The van der Waals surface area contributed by atoms with Gasteiger partial charge >= 0.3 is 5.69 Å². The number of thioether (sulfide) groups is 1. The van der Waals surface area contributed by atoms with Crippen molar-refractivity contribution in [2.24, 2.45) is 0 Å². The fraction of sp³-hybridized carbons (Fsp3) is 0.0769. The van der Waals surface area contributed by atoms with E-state index in [1.54, 1.807) is 12.1 Å². The van der Waals surface area contributed by atoms with Crippen LogP contribution in [0.1, 0.15) is 0 Å². The molecule has 0 radical (unpaired) electrons. The maximum atomic E-state index is 13.5. The van der Waals surface area contributed by atoms with Crippen molar-refractivity contribution in [2.75, 3.05) is 6.26 Å². The maximum Gasteiger partial charge on any atom is 0.346 e. The average Bonchev–Trinajstić information content (AvgIpc) is 2.39. The summed E-state index contributed by atoms with van der Waals surface area (Å²) in [5.41, 5.74) is -0.654. The summed E-state index contributed by atoms with van der Waals surface area (Å²) in [4.78, 5) is 10.9. The van der Waals surface area contributed by atoms with Crippen molar-refractivity contribution in [2.45, 2.75) is 4.90 Å². The van der Waals surface area contributed by atoms with Crippen LogP contribution in [0.5, 0.6) is 11.5 Å². The molecule has 0 aliphatic heterocycles. The highest BCUT2D eigenvalue weighted by atomic mass is 32.2. The molecule has 0 bridgehead atoms. The van der Waals surface area contributed by atoms with Crippen LogP contribution in [0, 0.1) is 15.9 Å². The number of nitrogens with zero attached hydrogens (tertiary/aromatic N) is 1. The second-order valence-corrected chi connectivity index (χ2v) is 4.44. The van der Waals surface area contributed by atoms with Gasteiger partial charge in [-0.1, -0.05) is 18.2 Å². The van der Waals surface area contributed by atoms with Gasteiger partial charge in [-0.3, -0.25) is 10.1 Å². The first-order chi connectivity index (χ1) is 9.13. The van der Waals surface area contributed by atoms with Gasteiger partial charge in [0.25, 0.3) is 0 Å². The molecule has 0 amide bonds. The summed E-state index contributed by atoms with van der Waals surface area (Å²) in [6.07, 6.45) is 1.86. The van der Waals surface area contributed by atoms with Crippen LogP contribution in [-0.2, 0) is 0 Å². The lowest BCUT2D eigenvalue weighted by Gasteiger charge is -2.09. The summed E-state index contributed by atoms with van der Waals surface area (Å²) < 4.78 is 18.9. The first-order valence-corrected chi connectivity index (χ1v) is 6.59. The molecule has 0 fully saturated rings. The van der Waals surface area contributed by atoms with Gasteiger partial charge in [0.1, 0.15) is 5.75 Å². The number of benzene rings is 2. The Hall–Kier alpha value is -2.08. The average molecular weight is 279 g/mol. The van der Waals surface area contributed by atoms with Gasteiger partial charge in [0.2, 0.25) is 11.6 Å². The first-order valence-electron chi connectivity index (χ1n) is 5.37. The minimum atomic E-state index is -0.913. The number of halogens is 1. The maximum absolute atomic E-state index is 13.5. The Morgan fingerprint density at radius 3 is 2.53 bits per heavy atom. The molecular weight excluding hydrogens is 269 g/mol. The van der Waals surface area contributed by atoms with E-state index in [2.05, 4.69) is 0 Å². The fourth-order valence-electron chi connectivity index (χ4n) is 1.58. The Morgan fingerprint density at radius 1 is 1.16 bits per heavy atom. The van der Waals surface area contributed by atoms with Crippen molar-refractivity contribution >= 4 is 17.4 Å². The van der Waals surface area contributed by atoms with Gasteiger partial charge in [0.15, 0.2) is 0 Å². The van der Waals surface area contributed by atoms with Crippen molar-refractivity contribution in [1.82, 2.24) is 0 Å². The summed E-state index contributed by atoms with van der Waals surface area (Å²) >= 11 is 1.44. The van der Waals surface area contributed by atoms with Crippen LogP contribution >= 0.6 is 11.8 Å². The fourth-order valence-corrected chi connectivity index (χ4v) is 2.10. The predicted octanol–water partition coefficient (Wildman–Crippen LogP) is 4.25. The number of nitro groups is 1.